The highest BCUT2D eigenvalue weighted by atomic mass is 32.2. The predicted molar refractivity (Wildman–Crippen MR) is 82.2 cm³/mol. The maximum absolute atomic E-state index is 12.1. The lowest BCUT2D eigenvalue weighted by Gasteiger charge is -2.26. The topological polar surface area (TPSA) is 61.1 Å². The molecule has 1 aliphatic rings. The van der Waals surface area contributed by atoms with Gasteiger partial charge in [-0.3, -0.25) is 4.79 Å². The molecule has 0 spiro atoms. The number of aliphatic hydroxyl groups is 1. The summed E-state index contributed by atoms with van der Waals surface area (Å²) in [6, 6.07) is 0. The molecule has 1 aliphatic carbocycles. The predicted octanol–water partition coefficient (Wildman–Crippen LogP) is 4.13. The number of carbonyl (C=O) groups is 1. The highest BCUT2D eigenvalue weighted by Crippen LogP contribution is 2.31. The summed E-state index contributed by atoms with van der Waals surface area (Å²) in [6.45, 7) is 6.28. The Hall–Kier alpha value is -0.770. The lowest BCUT2D eigenvalue weighted by molar-refractivity contribution is -0.116. The number of thioether (sulfide) groups is 1. The molecule has 0 amide bonds. The number of carbonyl (C=O) groups excluding carboxylic acids is 1. The van der Waals surface area contributed by atoms with Crippen LogP contribution in [0.5, 0.6) is 0 Å². The summed E-state index contributed by atoms with van der Waals surface area (Å²) in [7, 11) is 0. The van der Waals surface area contributed by atoms with Crippen molar-refractivity contribution in [2.75, 3.05) is 5.75 Å². The van der Waals surface area contributed by atoms with Crippen molar-refractivity contribution in [2.24, 2.45) is 5.92 Å². The number of hydrogen-bond donors (Lipinski definition) is 2. The molecule has 4 heteroatoms. The third kappa shape index (κ3) is 4.68. The van der Waals surface area contributed by atoms with E-state index in [0.29, 0.717) is 35.8 Å². The molecule has 1 saturated carbocycles. The first kappa shape index (κ1) is 16.3. The van der Waals surface area contributed by atoms with E-state index in [2.05, 4.69) is 13.8 Å². The van der Waals surface area contributed by atoms with Crippen molar-refractivity contribution in [3.63, 3.8) is 0 Å². The third-order valence-electron chi connectivity index (χ3n) is 3.44. The molecule has 19 heavy (non-hydrogen) atoms. The molecule has 1 rings (SSSR count). The van der Waals surface area contributed by atoms with Crippen LogP contribution in [0.1, 0.15) is 52.9 Å². The Morgan fingerprint density at radius 1 is 1.47 bits per heavy atom. The van der Waals surface area contributed by atoms with Crippen molar-refractivity contribution in [1.82, 2.24) is 0 Å². The summed E-state index contributed by atoms with van der Waals surface area (Å²) in [5, 5.41) is 18.4. The molecule has 3 nitrogen and oxygen atoms in total. The van der Waals surface area contributed by atoms with Crippen LogP contribution in [0.2, 0.25) is 0 Å². The van der Waals surface area contributed by atoms with E-state index in [4.69, 9.17) is 5.41 Å². The van der Waals surface area contributed by atoms with Crippen LogP contribution in [-0.4, -0.2) is 27.6 Å². The van der Waals surface area contributed by atoms with Crippen molar-refractivity contribution in [1.29, 1.82) is 5.41 Å². The van der Waals surface area contributed by atoms with E-state index >= 15 is 0 Å². The Morgan fingerprint density at radius 2 is 2.16 bits per heavy atom. The molecule has 0 saturated heterocycles. The average molecular weight is 283 g/mol. The summed E-state index contributed by atoms with van der Waals surface area (Å²) >= 11 is 1.90. The first-order valence-electron chi connectivity index (χ1n) is 7.14. The second-order valence-electron chi connectivity index (χ2n) is 5.25. The fourth-order valence-electron chi connectivity index (χ4n) is 2.68. The second kappa shape index (κ2) is 7.73. The number of allylic oxidation sites excluding steroid dienone is 2. The van der Waals surface area contributed by atoms with Crippen molar-refractivity contribution < 1.29 is 9.90 Å². The maximum atomic E-state index is 12.1. The number of rotatable bonds is 6. The minimum atomic E-state index is -0.0408. The van der Waals surface area contributed by atoms with Gasteiger partial charge >= 0.3 is 0 Å². The molecule has 0 aliphatic heterocycles. The standard InChI is InChI=1S/C15H25NO2S/c1-4-6-13(17)15-12(16)8-11(9-14(15)18)7-10(3)19-5-2/h10-11,16-17H,4-9H2,1-3H3/t10-,11-/m0/s1. The number of nitrogens with one attached hydrogen (secondary N) is 1. The van der Waals surface area contributed by atoms with Crippen LogP contribution < -0.4 is 0 Å². The fraction of sp³-hybridized carbons (Fsp3) is 0.733. The Kier molecular flexibility index (Phi) is 6.63. The van der Waals surface area contributed by atoms with Gasteiger partial charge in [0, 0.05) is 23.8 Å². The average Bonchev–Trinajstić information content (AvgIpc) is 2.28. The quantitative estimate of drug-likeness (QED) is 0.569. The largest absolute Gasteiger partial charge is 0.511 e. The SMILES string of the molecule is CCCC(O)=C1C(=N)C[C@H](C[C@H](C)SCC)CC1=O. The second-order valence-corrected chi connectivity index (χ2v) is 6.96. The summed E-state index contributed by atoms with van der Waals surface area (Å²) in [5.74, 6) is 1.43. The molecule has 0 bridgehead atoms. The van der Waals surface area contributed by atoms with Crippen LogP contribution in [0.15, 0.2) is 11.3 Å². The zero-order valence-corrected chi connectivity index (χ0v) is 13.0. The van der Waals surface area contributed by atoms with Crippen LogP contribution in [-0.2, 0) is 4.79 Å². The number of aliphatic hydroxyl groups excluding tert-OH is 1. The van der Waals surface area contributed by atoms with Crippen molar-refractivity contribution in [3.8, 4) is 0 Å². The van der Waals surface area contributed by atoms with Crippen molar-refractivity contribution in [2.45, 2.75) is 58.1 Å². The molecule has 0 heterocycles. The zero-order valence-electron chi connectivity index (χ0n) is 12.2. The molecular formula is C15H25NO2S. The Balaban J connectivity index is 2.69. The van der Waals surface area contributed by atoms with E-state index in [-0.39, 0.29) is 17.5 Å². The Labute approximate surface area is 120 Å². The zero-order chi connectivity index (χ0) is 14.4. The highest BCUT2D eigenvalue weighted by Gasteiger charge is 2.31. The van der Waals surface area contributed by atoms with Gasteiger partial charge in [-0.25, -0.2) is 0 Å². The molecular weight excluding hydrogens is 258 g/mol. The third-order valence-corrected chi connectivity index (χ3v) is 4.53. The van der Waals surface area contributed by atoms with E-state index in [0.717, 1.165) is 18.6 Å². The lowest BCUT2D eigenvalue weighted by Crippen LogP contribution is -2.28. The number of Topliss-reactive ketones (excluding diaryl/α,β-unsaturated/α-hetero) is 1. The monoisotopic (exact) mass is 283 g/mol. The normalized spacial score (nSPS) is 24.5. The molecule has 2 atom stereocenters. The van der Waals surface area contributed by atoms with Crippen LogP contribution in [0.25, 0.3) is 0 Å². The molecule has 1 fully saturated rings. The molecule has 2 N–H and O–H groups in total. The molecule has 0 aromatic carbocycles. The number of hydrogen-bond acceptors (Lipinski definition) is 4. The van der Waals surface area contributed by atoms with Gasteiger partial charge in [0.1, 0.15) is 5.76 Å². The van der Waals surface area contributed by atoms with E-state index in [9.17, 15) is 9.90 Å². The molecule has 108 valence electrons. The smallest absolute Gasteiger partial charge is 0.168 e. The van der Waals surface area contributed by atoms with Crippen LogP contribution in [0.4, 0.5) is 0 Å². The summed E-state index contributed by atoms with van der Waals surface area (Å²) < 4.78 is 0. The van der Waals surface area contributed by atoms with Gasteiger partial charge in [0.05, 0.1) is 5.57 Å². The van der Waals surface area contributed by atoms with Crippen LogP contribution >= 0.6 is 11.8 Å². The van der Waals surface area contributed by atoms with Gasteiger partial charge < -0.3 is 10.5 Å². The lowest BCUT2D eigenvalue weighted by atomic mass is 9.80. The Bertz CT molecular complexity index is 356. The summed E-state index contributed by atoms with van der Waals surface area (Å²) in [5.41, 5.74) is 0.634. The molecule has 0 radical (unpaired) electrons. The minimum Gasteiger partial charge on any atom is -0.511 e. The van der Waals surface area contributed by atoms with E-state index in [1.165, 1.54) is 0 Å². The summed E-state index contributed by atoms with van der Waals surface area (Å²) in [6.07, 6.45) is 3.39. The van der Waals surface area contributed by atoms with Gasteiger partial charge in [-0.1, -0.05) is 20.8 Å². The molecule has 0 aromatic heterocycles. The van der Waals surface area contributed by atoms with Gasteiger partial charge in [-0.2, -0.15) is 11.8 Å². The van der Waals surface area contributed by atoms with Gasteiger partial charge in [0.25, 0.3) is 0 Å². The van der Waals surface area contributed by atoms with Gasteiger partial charge in [0.15, 0.2) is 5.78 Å². The fourth-order valence-corrected chi connectivity index (χ4v) is 3.66. The van der Waals surface area contributed by atoms with E-state index in [1.54, 1.807) is 0 Å². The first-order chi connectivity index (χ1) is 8.99. The minimum absolute atomic E-state index is 0.0408. The van der Waals surface area contributed by atoms with E-state index < -0.39 is 0 Å². The summed E-state index contributed by atoms with van der Waals surface area (Å²) in [4.78, 5) is 12.1. The maximum Gasteiger partial charge on any atom is 0.168 e. The van der Waals surface area contributed by atoms with Crippen LogP contribution in [0.3, 0.4) is 0 Å². The first-order valence-corrected chi connectivity index (χ1v) is 8.19. The van der Waals surface area contributed by atoms with Gasteiger partial charge in [0.2, 0.25) is 0 Å². The van der Waals surface area contributed by atoms with E-state index in [1.807, 2.05) is 18.7 Å². The van der Waals surface area contributed by atoms with Crippen LogP contribution in [0, 0.1) is 11.3 Å². The Morgan fingerprint density at radius 3 is 2.68 bits per heavy atom. The van der Waals surface area contributed by atoms with Crippen molar-refractivity contribution >= 4 is 23.3 Å². The van der Waals surface area contributed by atoms with Crippen molar-refractivity contribution in [3.05, 3.63) is 11.3 Å². The number of ketones is 1. The van der Waals surface area contributed by atoms with Gasteiger partial charge in [-0.05, 0) is 30.9 Å². The molecule has 0 unspecified atom stereocenters. The molecule has 0 aromatic rings. The van der Waals surface area contributed by atoms with Gasteiger partial charge in [-0.15, -0.1) is 0 Å². The highest BCUT2D eigenvalue weighted by molar-refractivity contribution is 7.99.